The zero-order valence-corrected chi connectivity index (χ0v) is 14.4. The number of thiophene rings is 2. The molecule has 2 aromatic rings. The summed E-state index contributed by atoms with van der Waals surface area (Å²) in [6.45, 7) is 7.43. The maximum absolute atomic E-state index is 12.3. The van der Waals surface area contributed by atoms with Gasteiger partial charge in [0.05, 0.1) is 22.6 Å². The second kappa shape index (κ2) is 5.69. The summed E-state index contributed by atoms with van der Waals surface area (Å²) < 4.78 is 10.8. The zero-order valence-electron chi connectivity index (χ0n) is 12.8. The molecule has 0 aliphatic heterocycles. The van der Waals surface area contributed by atoms with E-state index in [-0.39, 0.29) is 5.97 Å². The van der Waals surface area contributed by atoms with Crippen molar-refractivity contribution in [3.05, 3.63) is 21.9 Å². The Balaban J connectivity index is 2.44. The van der Waals surface area contributed by atoms with Crippen LogP contribution in [-0.2, 0) is 4.74 Å². The first-order valence-electron chi connectivity index (χ1n) is 6.48. The highest BCUT2D eigenvalue weighted by molar-refractivity contribution is 7.23. The third-order valence-corrected chi connectivity index (χ3v) is 5.18. The first kappa shape index (κ1) is 15.9. The molecule has 0 unspecified atom stereocenters. The highest BCUT2D eigenvalue weighted by atomic mass is 32.1. The largest absolute Gasteiger partial charge is 0.495 e. The molecule has 0 radical (unpaired) electrons. The maximum Gasteiger partial charge on any atom is 0.351 e. The summed E-state index contributed by atoms with van der Waals surface area (Å²) in [5.74, 6) is 0.412. The van der Waals surface area contributed by atoms with Gasteiger partial charge < -0.3 is 15.2 Å². The van der Waals surface area contributed by atoms with Crippen molar-refractivity contribution < 1.29 is 14.3 Å². The van der Waals surface area contributed by atoms with Gasteiger partial charge in [-0.05, 0) is 44.7 Å². The number of hydrogen-bond acceptors (Lipinski definition) is 6. The second-order valence-electron chi connectivity index (χ2n) is 5.62. The molecule has 6 heteroatoms. The summed E-state index contributed by atoms with van der Waals surface area (Å²) in [7, 11) is 1.63. The van der Waals surface area contributed by atoms with Crippen molar-refractivity contribution in [1.82, 2.24) is 0 Å². The highest BCUT2D eigenvalue weighted by Crippen LogP contribution is 2.45. The van der Waals surface area contributed by atoms with Gasteiger partial charge in [-0.15, -0.1) is 22.7 Å². The van der Waals surface area contributed by atoms with Crippen molar-refractivity contribution in [2.24, 2.45) is 0 Å². The molecule has 0 amide bonds. The zero-order chi connectivity index (χ0) is 15.8. The van der Waals surface area contributed by atoms with Crippen molar-refractivity contribution in [2.75, 3.05) is 12.8 Å². The van der Waals surface area contributed by atoms with Gasteiger partial charge in [0, 0.05) is 0 Å². The summed E-state index contributed by atoms with van der Waals surface area (Å²) in [4.78, 5) is 14.6. The van der Waals surface area contributed by atoms with Crippen LogP contribution in [0.2, 0.25) is 0 Å². The van der Waals surface area contributed by atoms with Crippen LogP contribution in [0.25, 0.3) is 9.75 Å². The Kier molecular flexibility index (Phi) is 4.30. The van der Waals surface area contributed by atoms with Crippen LogP contribution in [0.3, 0.4) is 0 Å². The first-order valence-corrected chi connectivity index (χ1v) is 8.18. The Morgan fingerprint density at radius 2 is 1.95 bits per heavy atom. The van der Waals surface area contributed by atoms with Gasteiger partial charge in [-0.3, -0.25) is 0 Å². The molecule has 2 rings (SSSR count). The Morgan fingerprint density at radius 1 is 1.29 bits per heavy atom. The summed E-state index contributed by atoms with van der Waals surface area (Å²) in [5.41, 5.74) is 6.93. The molecule has 21 heavy (non-hydrogen) atoms. The molecule has 0 spiro atoms. The molecule has 0 saturated carbocycles. The molecule has 0 atom stereocenters. The number of rotatable bonds is 3. The van der Waals surface area contributed by atoms with Crippen molar-refractivity contribution in [3.63, 3.8) is 0 Å². The van der Waals surface area contributed by atoms with E-state index in [1.165, 1.54) is 11.3 Å². The van der Waals surface area contributed by atoms with Crippen molar-refractivity contribution in [2.45, 2.75) is 33.3 Å². The minimum atomic E-state index is -0.539. The van der Waals surface area contributed by atoms with Crippen LogP contribution >= 0.6 is 22.7 Å². The van der Waals surface area contributed by atoms with E-state index in [0.29, 0.717) is 10.6 Å². The number of anilines is 1. The Labute approximate surface area is 132 Å². The van der Waals surface area contributed by atoms with Crippen LogP contribution < -0.4 is 10.5 Å². The number of nitrogens with two attached hydrogens (primary N) is 1. The molecular weight excluding hydrogens is 306 g/mol. The Bertz CT molecular complexity index is 665. The van der Waals surface area contributed by atoms with E-state index in [2.05, 4.69) is 0 Å². The molecule has 0 saturated heterocycles. The van der Waals surface area contributed by atoms with Gasteiger partial charge in [0.2, 0.25) is 0 Å². The molecule has 0 fully saturated rings. The topological polar surface area (TPSA) is 61.5 Å². The smallest absolute Gasteiger partial charge is 0.351 e. The van der Waals surface area contributed by atoms with Gasteiger partial charge in [0.1, 0.15) is 16.2 Å². The average molecular weight is 325 g/mol. The van der Waals surface area contributed by atoms with Gasteiger partial charge in [-0.2, -0.15) is 0 Å². The lowest BCUT2D eigenvalue weighted by Crippen LogP contribution is -2.23. The normalized spacial score (nSPS) is 11.5. The first-order chi connectivity index (χ1) is 9.74. The van der Waals surface area contributed by atoms with E-state index in [0.717, 1.165) is 21.1 Å². The maximum atomic E-state index is 12.3. The predicted molar refractivity (Wildman–Crippen MR) is 88.5 cm³/mol. The lowest BCUT2D eigenvalue weighted by Gasteiger charge is -2.19. The molecule has 2 heterocycles. The molecule has 2 N–H and O–H groups in total. The minimum Gasteiger partial charge on any atom is -0.495 e. The molecule has 4 nitrogen and oxygen atoms in total. The van der Waals surface area contributed by atoms with Gasteiger partial charge in [-0.1, -0.05) is 0 Å². The summed E-state index contributed by atoms with van der Waals surface area (Å²) >= 11 is 2.92. The van der Waals surface area contributed by atoms with Gasteiger partial charge in [0.15, 0.2) is 0 Å². The van der Waals surface area contributed by atoms with E-state index in [1.54, 1.807) is 18.4 Å². The lowest BCUT2D eigenvalue weighted by molar-refractivity contribution is 0.00763. The standard InChI is InChI=1S/C15H19NO3S2/c1-8-10(16)13(14(17)19-15(2,3)4)21-11(8)12-9(18-5)6-7-20-12/h6-7H,16H2,1-5H3. The number of ether oxygens (including phenoxy) is 2. The van der Waals surface area contributed by atoms with Gasteiger partial charge in [-0.25, -0.2) is 4.79 Å². The number of esters is 1. The summed E-state index contributed by atoms with van der Waals surface area (Å²) in [6.07, 6.45) is 0. The molecule has 2 aromatic heterocycles. The van der Waals surface area contributed by atoms with E-state index in [1.807, 2.05) is 39.1 Å². The number of carbonyl (C=O) groups is 1. The fourth-order valence-corrected chi connectivity index (χ4v) is 4.02. The third-order valence-electron chi connectivity index (χ3n) is 2.83. The SMILES string of the molecule is COc1ccsc1-c1sc(C(=O)OC(C)(C)C)c(N)c1C. The van der Waals surface area contributed by atoms with Crippen LogP contribution in [0, 0.1) is 6.92 Å². The number of hydrogen-bond donors (Lipinski definition) is 1. The molecule has 0 bridgehead atoms. The van der Waals surface area contributed by atoms with E-state index in [4.69, 9.17) is 15.2 Å². The second-order valence-corrected chi connectivity index (χ2v) is 7.56. The van der Waals surface area contributed by atoms with E-state index < -0.39 is 5.60 Å². The monoisotopic (exact) mass is 325 g/mol. The number of carbonyl (C=O) groups excluding carboxylic acids is 1. The van der Waals surface area contributed by atoms with Gasteiger partial charge >= 0.3 is 5.97 Å². The van der Waals surface area contributed by atoms with Crippen LogP contribution in [0.1, 0.15) is 36.0 Å². The highest BCUT2D eigenvalue weighted by Gasteiger charge is 2.26. The van der Waals surface area contributed by atoms with Crippen molar-refractivity contribution in [3.8, 4) is 15.5 Å². The summed E-state index contributed by atoms with van der Waals surface area (Å²) in [5, 5.41) is 1.96. The molecule has 0 aromatic carbocycles. The Hall–Kier alpha value is -1.53. The van der Waals surface area contributed by atoms with Crippen LogP contribution in [-0.4, -0.2) is 18.7 Å². The fraction of sp³-hybridized carbons (Fsp3) is 0.400. The lowest BCUT2D eigenvalue weighted by atomic mass is 10.2. The fourth-order valence-electron chi connectivity index (χ4n) is 1.84. The number of methoxy groups -OCH3 is 1. The van der Waals surface area contributed by atoms with E-state index >= 15 is 0 Å². The summed E-state index contributed by atoms with van der Waals surface area (Å²) in [6, 6.07) is 1.91. The quantitative estimate of drug-likeness (QED) is 0.853. The van der Waals surface area contributed by atoms with Crippen LogP contribution in [0.15, 0.2) is 11.4 Å². The Morgan fingerprint density at radius 3 is 2.52 bits per heavy atom. The predicted octanol–water partition coefficient (Wildman–Crippen LogP) is 4.33. The molecule has 0 aliphatic carbocycles. The van der Waals surface area contributed by atoms with E-state index in [9.17, 15) is 4.79 Å². The number of nitrogen functional groups attached to an aromatic ring is 1. The molecular formula is C15H19NO3S2. The third kappa shape index (κ3) is 3.22. The van der Waals surface area contributed by atoms with Crippen LogP contribution in [0.5, 0.6) is 5.75 Å². The molecule has 114 valence electrons. The van der Waals surface area contributed by atoms with Gasteiger partial charge in [0.25, 0.3) is 0 Å². The van der Waals surface area contributed by atoms with Crippen LogP contribution in [0.4, 0.5) is 5.69 Å². The van der Waals surface area contributed by atoms with Crippen molar-refractivity contribution >= 4 is 34.3 Å². The minimum absolute atomic E-state index is 0.380. The average Bonchev–Trinajstić information content (AvgIpc) is 2.94. The molecule has 0 aliphatic rings. The van der Waals surface area contributed by atoms with Crippen molar-refractivity contribution in [1.29, 1.82) is 0 Å².